The zero-order chi connectivity index (χ0) is 29.5. The molecule has 1 saturated heterocycles. The fourth-order valence-electron chi connectivity index (χ4n) is 3.73. The smallest absolute Gasteiger partial charge is 0.335 e. The molecule has 1 N–H and O–H groups in total. The van der Waals surface area contributed by atoms with Crippen LogP contribution in [0.15, 0.2) is 48.5 Å². The molecule has 2 aromatic rings. The Labute approximate surface area is 245 Å². The molecule has 0 spiro atoms. The molecule has 230 valence electrons. The van der Waals surface area contributed by atoms with E-state index in [0.717, 1.165) is 23.5 Å². The highest BCUT2D eigenvalue weighted by molar-refractivity contribution is 5.75. The van der Waals surface area contributed by atoms with Crippen molar-refractivity contribution in [3.8, 4) is 11.5 Å². The number of benzene rings is 2. The molecular weight excluding hydrogens is 528 g/mol. The summed E-state index contributed by atoms with van der Waals surface area (Å²) < 4.78 is 32.1. The second kappa shape index (κ2) is 19.1. The van der Waals surface area contributed by atoms with Crippen LogP contribution >= 0.6 is 0 Å². The van der Waals surface area contributed by atoms with Gasteiger partial charge in [0.1, 0.15) is 24.2 Å². The van der Waals surface area contributed by atoms with Gasteiger partial charge in [0.15, 0.2) is 12.2 Å². The first-order valence-electron chi connectivity index (χ1n) is 13.9. The van der Waals surface area contributed by atoms with Crippen LogP contribution in [-0.2, 0) is 46.1 Å². The minimum atomic E-state index is -0.633. The number of hydrogen-bond acceptors (Lipinski definition) is 9. The molecule has 3 rings (SSSR count). The van der Waals surface area contributed by atoms with Crippen molar-refractivity contribution in [3.05, 3.63) is 59.7 Å². The largest absolute Gasteiger partial charge is 0.508 e. The second-order valence-electron chi connectivity index (χ2n) is 9.84. The summed E-state index contributed by atoms with van der Waals surface area (Å²) in [6.45, 7) is 13.1. The number of epoxide rings is 1. The van der Waals surface area contributed by atoms with E-state index in [-0.39, 0.29) is 43.4 Å². The Hall–Kier alpha value is -3.14. The van der Waals surface area contributed by atoms with E-state index in [2.05, 4.69) is 0 Å². The summed E-state index contributed by atoms with van der Waals surface area (Å²) in [7, 11) is 0. The lowest BCUT2D eigenvalue weighted by Crippen LogP contribution is -2.31. The van der Waals surface area contributed by atoms with Crippen LogP contribution in [0, 0.1) is 0 Å². The van der Waals surface area contributed by atoms with Gasteiger partial charge in [-0.15, -0.1) is 0 Å². The van der Waals surface area contributed by atoms with Crippen LogP contribution in [0.2, 0.25) is 0 Å². The van der Waals surface area contributed by atoms with Crippen LogP contribution in [0.5, 0.6) is 11.5 Å². The first kappa shape index (κ1) is 35.9. The van der Waals surface area contributed by atoms with Crippen LogP contribution in [-0.4, -0.2) is 74.0 Å². The van der Waals surface area contributed by atoms with Crippen molar-refractivity contribution in [1.82, 2.24) is 0 Å². The van der Waals surface area contributed by atoms with Crippen LogP contribution in [0.3, 0.4) is 0 Å². The average molecular weight is 577 g/mol. The molecule has 0 aliphatic carbocycles. The van der Waals surface area contributed by atoms with Gasteiger partial charge in [-0.2, -0.15) is 0 Å². The van der Waals surface area contributed by atoms with E-state index in [0.29, 0.717) is 32.7 Å². The number of aromatic hydroxyl groups is 1. The van der Waals surface area contributed by atoms with Crippen LogP contribution in [0.4, 0.5) is 0 Å². The predicted octanol–water partition coefficient (Wildman–Crippen LogP) is 5.29. The van der Waals surface area contributed by atoms with Crippen molar-refractivity contribution in [2.24, 2.45) is 0 Å². The number of ether oxygens (including phenoxy) is 6. The molecule has 2 aromatic carbocycles. The van der Waals surface area contributed by atoms with Gasteiger partial charge >= 0.3 is 11.9 Å². The fraction of sp³-hybridized carbons (Fsp3) is 0.562. The van der Waals surface area contributed by atoms with Gasteiger partial charge in [0.05, 0.1) is 32.0 Å². The van der Waals surface area contributed by atoms with E-state index in [9.17, 15) is 14.7 Å². The number of esters is 2. The molecule has 0 aromatic heterocycles. The highest BCUT2D eigenvalue weighted by atomic mass is 16.6. The maximum Gasteiger partial charge on any atom is 0.335 e. The molecule has 1 aliphatic heterocycles. The molecular formula is C32H48O9. The Morgan fingerprint density at radius 2 is 1.34 bits per heavy atom. The van der Waals surface area contributed by atoms with Crippen molar-refractivity contribution >= 4 is 11.9 Å². The first-order valence-corrected chi connectivity index (χ1v) is 13.9. The van der Waals surface area contributed by atoms with E-state index in [1.54, 1.807) is 32.0 Å². The molecule has 1 heterocycles. The normalized spacial score (nSPS) is 15.2. The number of rotatable bonds is 15. The van der Waals surface area contributed by atoms with Gasteiger partial charge in [-0.1, -0.05) is 31.7 Å². The zero-order valence-electron chi connectivity index (χ0n) is 24.5. The molecule has 0 saturated carbocycles. The Morgan fingerprint density at radius 1 is 0.854 bits per heavy atom. The maximum absolute atomic E-state index is 12.0. The number of carbonyl (C=O) groups excluding carboxylic acids is 2. The van der Waals surface area contributed by atoms with Gasteiger partial charge in [-0.25, -0.2) is 9.59 Å². The standard InChI is InChI=1S/C17H24O5.C14H20O4.CH4/c1-4-19-17(18)16(22-12(2)3)9-13-6-5-7-14(8-13)20-10-15-11-21-15;1-4-17-14(16)13(18-10(2)3)9-11-6-5-7-12(15)8-11;/h5-8,12,15-16H,4,9-11H2,1-3H3;5-8,10,13,15H,4,9H2,1-3H3;1H4/t15-,16-;13-;/m10./s1. The van der Waals surface area contributed by atoms with Crippen LogP contribution in [0.25, 0.3) is 0 Å². The summed E-state index contributed by atoms with van der Waals surface area (Å²) in [6.07, 6.45) is -0.244. The predicted molar refractivity (Wildman–Crippen MR) is 157 cm³/mol. The monoisotopic (exact) mass is 576 g/mol. The van der Waals surface area contributed by atoms with Gasteiger partial charge in [-0.3, -0.25) is 0 Å². The SMILES string of the molecule is C.CCOC(=O)[C@@H](Cc1cccc(OC[C@@H]2CO2)c1)OC(C)C.CCOC(=O)[C@H](Cc1cccc(O)c1)OC(C)C. The molecule has 9 nitrogen and oxygen atoms in total. The van der Waals surface area contributed by atoms with E-state index >= 15 is 0 Å². The lowest BCUT2D eigenvalue weighted by Gasteiger charge is -2.19. The molecule has 0 radical (unpaired) electrons. The van der Waals surface area contributed by atoms with E-state index in [4.69, 9.17) is 28.4 Å². The van der Waals surface area contributed by atoms with Crippen molar-refractivity contribution in [2.75, 3.05) is 26.4 Å². The van der Waals surface area contributed by atoms with Gasteiger partial charge in [0, 0.05) is 12.8 Å². The molecule has 1 aliphatic rings. The molecule has 41 heavy (non-hydrogen) atoms. The topological polar surface area (TPSA) is 113 Å². The summed E-state index contributed by atoms with van der Waals surface area (Å²) in [4.78, 5) is 23.8. The number of phenolic OH excluding ortho intramolecular Hbond substituents is 1. The lowest BCUT2D eigenvalue weighted by atomic mass is 10.1. The molecule has 9 heteroatoms. The summed E-state index contributed by atoms with van der Waals surface area (Å²) in [6, 6.07) is 14.5. The first-order chi connectivity index (χ1) is 19.1. The van der Waals surface area contributed by atoms with E-state index in [1.165, 1.54) is 0 Å². The Morgan fingerprint density at radius 3 is 1.78 bits per heavy atom. The zero-order valence-corrected chi connectivity index (χ0v) is 24.5. The minimum absolute atomic E-state index is 0. The molecule has 0 unspecified atom stereocenters. The van der Waals surface area contributed by atoms with Crippen LogP contribution in [0.1, 0.15) is 60.1 Å². The van der Waals surface area contributed by atoms with Crippen molar-refractivity contribution in [2.45, 2.75) is 92.3 Å². The van der Waals surface area contributed by atoms with Crippen LogP contribution < -0.4 is 4.74 Å². The highest BCUT2D eigenvalue weighted by Crippen LogP contribution is 2.19. The minimum Gasteiger partial charge on any atom is -0.508 e. The second-order valence-corrected chi connectivity index (χ2v) is 9.84. The Bertz CT molecular complexity index is 1030. The quantitative estimate of drug-likeness (QED) is 0.223. The van der Waals surface area contributed by atoms with Crippen molar-refractivity contribution < 1.29 is 43.1 Å². The van der Waals surface area contributed by atoms with Crippen molar-refractivity contribution in [1.29, 1.82) is 0 Å². The molecule has 1 fully saturated rings. The molecule has 3 atom stereocenters. The molecule has 0 amide bonds. The van der Waals surface area contributed by atoms with Gasteiger partial charge in [0.25, 0.3) is 0 Å². The van der Waals surface area contributed by atoms with E-state index in [1.807, 2.05) is 58.0 Å². The Kier molecular flexibility index (Phi) is 16.7. The highest BCUT2D eigenvalue weighted by Gasteiger charge is 2.25. The lowest BCUT2D eigenvalue weighted by molar-refractivity contribution is -0.160. The fourth-order valence-corrected chi connectivity index (χ4v) is 3.73. The summed E-state index contributed by atoms with van der Waals surface area (Å²) >= 11 is 0. The van der Waals surface area contributed by atoms with Gasteiger partial charge in [0.2, 0.25) is 0 Å². The summed E-state index contributed by atoms with van der Waals surface area (Å²) in [5, 5.41) is 9.39. The van der Waals surface area contributed by atoms with Crippen molar-refractivity contribution in [3.63, 3.8) is 0 Å². The summed E-state index contributed by atoms with van der Waals surface area (Å²) in [5.41, 5.74) is 1.82. The van der Waals surface area contributed by atoms with E-state index < -0.39 is 12.2 Å². The third-order valence-electron chi connectivity index (χ3n) is 5.46. The maximum atomic E-state index is 12.0. The number of hydrogen-bond donors (Lipinski definition) is 1. The molecule has 0 bridgehead atoms. The third-order valence-corrected chi connectivity index (χ3v) is 5.46. The Balaban J connectivity index is 0.000000409. The third kappa shape index (κ3) is 14.9. The summed E-state index contributed by atoms with van der Waals surface area (Å²) in [5.74, 6) is 0.267. The average Bonchev–Trinajstić information content (AvgIpc) is 3.72. The number of phenols is 1. The van der Waals surface area contributed by atoms with Gasteiger partial charge < -0.3 is 33.5 Å². The number of carbonyl (C=O) groups is 2. The van der Waals surface area contributed by atoms with Gasteiger partial charge in [-0.05, 0) is 76.9 Å².